The summed E-state index contributed by atoms with van der Waals surface area (Å²) < 4.78 is 39.7. The van der Waals surface area contributed by atoms with Gasteiger partial charge in [0.15, 0.2) is 11.5 Å². The maximum absolute atomic E-state index is 10.7. The van der Waals surface area contributed by atoms with E-state index in [4.69, 9.17) is 19.3 Å². The van der Waals surface area contributed by atoms with Gasteiger partial charge in [0.25, 0.3) is 10.2 Å². The molecule has 23 heavy (non-hydrogen) atoms. The van der Waals surface area contributed by atoms with E-state index in [2.05, 4.69) is 14.7 Å². The summed E-state index contributed by atoms with van der Waals surface area (Å²) in [6.07, 6.45) is 1.82. The molecule has 0 saturated carbocycles. The lowest BCUT2D eigenvalue weighted by Crippen LogP contribution is -2.32. The van der Waals surface area contributed by atoms with Gasteiger partial charge in [-0.15, -0.1) is 0 Å². The van der Waals surface area contributed by atoms with E-state index in [-0.39, 0.29) is 13.2 Å². The number of methoxy groups -OCH3 is 2. The van der Waals surface area contributed by atoms with Crippen molar-refractivity contribution < 1.29 is 22.6 Å². The maximum Gasteiger partial charge on any atom is 0.274 e. The van der Waals surface area contributed by atoms with E-state index in [1.807, 2.05) is 0 Å². The normalized spacial score (nSPS) is 11.4. The third-order valence-corrected chi connectivity index (χ3v) is 3.57. The maximum atomic E-state index is 10.7. The average Bonchev–Trinajstić information content (AvgIpc) is 2.52. The Morgan fingerprint density at radius 2 is 1.87 bits per heavy atom. The van der Waals surface area contributed by atoms with Crippen molar-refractivity contribution in [2.75, 3.05) is 27.4 Å². The lowest BCUT2D eigenvalue weighted by atomic mass is 10.2. The number of nitrogens with zero attached hydrogens (tertiary/aromatic N) is 2. The Morgan fingerprint density at radius 1 is 1.17 bits per heavy atom. The molecular formula is C13H18N4O5S. The quantitative estimate of drug-likeness (QED) is 0.657. The van der Waals surface area contributed by atoms with E-state index in [0.29, 0.717) is 34.7 Å². The Morgan fingerprint density at radius 3 is 2.52 bits per heavy atom. The van der Waals surface area contributed by atoms with Gasteiger partial charge in [0.2, 0.25) is 5.88 Å². The highest BCUT2D eigenvalue weighted by Crippen LogP contribution is 2.34. The molecule has 1 aromatic heterocycles. The summed E-state index contributed by atoms with van der Waals surface area (Å²) in [6.45, 7) is 0.446. The number of fused-ring (bicyclic) bond motifs is 1. The molecule has 1 aromatic carbocycles. The minimum absolute atomic E-state index is 0.180. The molecule has 0 fully saturated rings. The first-order chi connectivity index (χ1) is 10.9. The Kier molecular flexibility index (Phi) is 5.53. The molecule has 0 bridgehead atoms. The Balaban J connectivity index is 2.11. The molecule has 0 saturated heterocycles. The van der Waals surface area contributed by atoms with Gasteiger partial charge in [-0.3, -0.25) is 0 Å². The summed E-state index contributed by atoms with van der Waals surface area (Å²) in [5, 5.41) is 5.51. The van der Waals surface area contributed by atoms with Gasteiger partial charge in [-0.1, -0.05) is 0 Å². The molecule has 2 rings (SSSR count). The molecule has 0 atom stereocenters. The standard InChI is InChI=1S/C13H18N4O5S/c1-20-11-6-9-10(7-12(11)21-2)15-8-16-13(9)22-5-3-4-17-23(14,18)19/h6-8,17H,3-5H2,1-2H3,(H2,14,18,19). The number of hydrogen-bond acceptors (Lipinski definition) is 7. The smallest absolute Gasteiger partial charge is 0.274 e. The van der Waals surface area contributed by atoms with Gasteiger partial charge in [-0.2, -0.15) is 8.42 Å². The Hall–Kier alpha value is -2.17. The summed E-state index contributed by atoms with van der Waals surface area (Å²) in [4.78, 5) is 8.26. The van der Waals surface area contributed by atoms with Gasteiger partial charge < -0.3 is 14.2 Å². The Labute approximate surface area is 134 Å². The van der Waals surface area contributed by atoms with E-state index in [1.54, 1.807) is 19.2 Å². The zero-order valence-electron chi connectivity index (χ0n) is 12.8. The van der Waals surface area contributed by atoms with Gasteiger partial charge in [-0.25, -0.2) is 19.8 Å². The summed E-state index contributed by atoms with van der Waals surface area (Å²) >= 11 is 0. The first-order valence-electron chi connectivity index (χ1n) is 6.71. The SMILES string of the molecule is COc1cc2ncnc(OCCCNS(N)(=O)=O)c2cc1OC. The molecule has 10 heteroatoms. The molecule has 2 aromatic rings. The molecule has 0 spiro atoms. The van der Waals surface area contributed by atoms with Crippen LogP contribution in [0.5, 0.6) is 17.4 Å². The van der Waals surface area contributed by atoms with Crippen LogP contribution in [0.2, 0.25) is 0 Å². The molecule has 0 aliphatic rings. The second-order valence-electron chi connectivity index (χ2n) is 4.54. The van der Waals surface area contributed by atoms with E-state index >= 15 is 0 Å². The summed E-state index contributed by atoms with van der Waals surface area (Å²) in [5.74, 6) is 1.48. The van der Waals surface area contributed by atoms with E-state index in [9.17, 15) is 8.42 Å². The average molecular weight is 342 g/mol. The topological polar surface area (TPSA) is 126 Å². The molecule has 3 N–H and O–H groups in total. The van der Waals surface area contributed by atoms with E-state index in [1.165, 1.54) is 13.4 Å². The molecule has 0 aliphatic carbocycles. The summed E-state index contributed by atoms with van der Waals surface area (Å²) in [5.41, 5.74) is 0.648. The minimum Gasteiger partial charge on any atom is -0.493 e. The van der Waals surface area contributed by atoms with Crippen molar-refractivity contribution in [1.82, 2.24) is 14.7 Å². The van der Waals surface area contributed by atoms with Crippen LogP contribution in [0.3, 0.4) is 0 Å². The minimum atomic E-state index is -3.68. The number of ether oxygens (including phenoxy) is 3. The highest BCUT2D eigenvalue weighted by atomic mass is 32.2. The van der Waals surface area contributed by atoms with E-state index in [0.717, 1.165) is 0 Å². The van der Waals surface area contributed by atoms with Crippen LogP contribution in [0.25, 0.3) is 10.9 Å². The molecule has 126 valence electrons. The van der Waals surface area contributed by atoms with Gasteiger partial charge in [0.1, 0.15) is 6.33 Å². The van der Waals surface area contributed by atoms with E-state index < -0.39 is 10.2 Å². The van der Waals surface area contributed by atoms with Crippen LogP contribution in [-0.2, 0) is 10.2 Å². The van der Waals surface area contributed by atoms with Crippen molar-refractivity contribution in [3.63, 3.8) is 0 Å². The predicted octanol–water partition coefficient (Wildman–Crippen LogP) is 0.209. The van der Waals surface area contributed by atoms with Gasteiger partial charge in [-0.05, 0) is 12.5 Å². The first-order valence-corrected chi connectivity index (χ1v) is 8.26. The van der Waals surface area contributed by atoms with Gasteiger partial charge >= 0.3 is 0 Å². The van der Waals surface area contributed by atoms with Crippen LogP contribution in [0.15, 0.2) is 18.5 Å². The molecule has 9 nitrogen and oxygen atoms in total. The second-order valence-corrected chi connectivity index (χ2v) is 5.92. The summed E-state index contributed by atoms with van der Waals surface area (Å²) in [7, 11) is -0.605. The molecule has 1 heterocycles. The summed E-state index contributed by atoms with van der Waals surface area (Å²) in [6, 6.07) is 3.46. The monoisotopic (exact) mass is 342 g/mol. The third kappa shape index (κ3) is 4.65. The second kappa shape index (κ2) is 7.40. The van der Waals surface area contributed by atoms with Crippen molar-refractivity contribution in [2.24, 2.45) is 5.14 Å². The highest BCUT2D eigenvalue weighted by Gasteiger charge is 2.11. The molecule has 0 radical (unpaired) electrons. The zero-order valence-corrected chi connectivity index (χ0v) is 13.6. The van der Waals surface area contributed by atoms with Gasteiger partial charge in [0, 0.05) is 12.6 Å². The number of benzene rings is 1. The van der Waals surface area contributed by atoms with Crippen molar-refractivity contribution in [1.29, 1.82) is 0 Å². The number of nitrogens with one attached hydrogen (secondary N) is 1. The molecular weight excluding hydrogens is 324 g/mol. The number of aromatic nitrogens is 2. The lowest BCUT2D eigenvalue weighted by Gasteiger charge is -2.11. The molecule has 0 unspecified atom stereocenters. The first kappa shape index (κ1) is 17.2. The van der Waals surface area contributed by atoms with Crippen LogP contribution in [0.4, 0.5) is 0 Å². The number of nitrogens with two attached hydrogens (primary N) is 1. The fourth-order valence-electron chi connectivity index (χ4n) is 1.93. The van der Waals surface area contributed by atoms with Crippen molar-refractivity contribution >= 4 is 21.1 Å². The fraction of sp³-hybridized carbons (Fsp3) is 0.385. The van der Waals surface area contributed by atoms with Gasteiger partial charge in [0.05, 0.1) is 31.7 Å². The highest BCUT2D eigenvalue weighted by molar-refractivity contribution is 7.87. The van der Waals surface area contributed by atoms with Crippen molar-refractivity contribution in [2.45, 2.75) is 6.42 Å². The van der Waals surface area contributed by atoms with Crippen LogP contribution in [-0.4, -0.2) is 45.8 Å². The zero-order chi connectivity index (χ0) is 16.9. The predicted molar refractivity (Wildman–Crippen MR) is 83.9 cm³/mol. The van der Waals surface area contributed by atoms with Crippen LogP contribution in [0, 0.1) is 0 Å². The number of rotatable bonds is 8. The van der Waals surface area contributed by atoms with Crippen molar-refractivity contribution in [3.05, 3.63) is 18.5 Å². The largest absolute Gasteiger partial charge is 0.493 e. The van der Waals surface area contributed by atoms with Crippen LogP contribution < -0.4 is 24.1 Å². The third-order valence-electron chi connectivity index (χ3n) is 2.97. The lowest BCUT2D eigenvalue weighted by molar-refractivity contribution is 0.303. The van der Waals surface area contributed by atoms with Crippen LogP contribution >= 0.6 is 0 Å². The van der Waals surface area contributed by atoms with Crippen LogP contribution in [0.1, 0.15) is 6.42 Å². The number of hydrogen-bond donors (Lipinski definition) is 2. The Bertz CT molecular complexity index is 781. The van der Waals surface area contributed by atoms with Crippen molar-refractivity contribution in [3.8, 4) is 17.4 Å². The molecule has 0 aliphatic heterocycles. The molecule has 0 amide bonds. The fourth-order valence-corrected chi connectivity index (χ4v) is 2.36.